The Bertz CT molecular complexity index is 1290. The summed E-state index contributed by atoms with van der Waals surface area (Å²) in [7, 11) is 0. The molecule has 1 aromatic heterocycles. The Morgan fingerprint density at radius 2 is 1.63 bits per heavy atom. The number of aryl methyl sites for hydroxylation is 1. The summed E-state index contributed by atoms with van der Waals surface area (Å²) in [4.78, 5) is 26.9. The van der Waals surface area contributed by atoms with E-state index >= 15 is 0 Å². The lowest BCUT2D eigenvalue weighted by atomic mass is 9.98. The van der Waals surface area contributed by atoms with Crippen LogP contribution in [0.2, 0.25) is 0 Å². The van der Waals surface area contributed by atoms with E-state index in [0.29, 0.717) is 5.69 Å². The van der Waals surface area contributed by atoms with Gasteiger partial charge in [-0.25, -0.2) is 4.79 Å². The highest BCUT2D eigenvalue weighted by Gasteiger charge is 2.28. The van der Waals surface area contributed by atoms with Crippen LogP contribution in [0.3, 0.4) is 0 Å². The molecule has 5 rings (SSSR count). The molecule has 5 nitrogen and oxygen atoms in total. The molecule has 5 heteroatoms. The van der Waals surface area contributed by atoms with Gasteiger partial charge in [-0.15, -0.1) is 0 Å². The number of amides is 1. The van der Waals surface area contributed by atoms with E-state index in [2.05, 4.69) is 34.6 Å². The van der Waals surface area contributed by atoms with Gasteiger partial charge in [0.2, 0.25) is 5.56 Å². The number of benzene rings is 3. The van der Waals surface area contributed by atoms with E-state index in [1.165, 1.54) is 22.3 Å². The van der Waals surface area contributed by atoms with Crippen LogP contribution < -0.4 is 10.9 Å². The molecule has 0 fully saturated rings. The molecular formula is C25H20N2O3. The van der Waals surface area contributed by atoms with Crippen LogP contribution >= 0.6 is 0 Å². The van der Waals surface area contributed by atoms with E-state index in [1.54, 1.807) is 18.2 Å². The summed E-state index contributed by atoms with van der Waals surface area (Å²) >= 11 is 0. The number of rotatable bonds is 3. The summed E-state index contributed by atoms with van der Waals surface area (Å²) in [5.74, 6) is 0.0204. The lowest BCUT2D eigenvalue weighted by Crippen LogP contribution is -2.18. The van der Waals surface area contributed by atoms with Crippen molar-refractivity contribution in [2.24, 2.45) is 0 Å². The van der Waals surface area contributed by atoms with Gasteiger partial charge in [0.15, 0.2) is 0 Å². The maximum Gasteiger partial charge on any atom is 0.411 e. The molecule has 30 heavy (non-hydrogen) atoms. The van der Waals surface area contributed by atoms with E-state index in [-0.39, 0.29) is 18.1 Å². The van der Waals surface area contributed by atoms with Crippen molar-refractivity contribution in [3.8, 4) is 11.1 Å². The molecule has 148 valence electrons. The number of nitrogens with one attached hydrogen (secondary N) is 2. The van der Waals surface area contributed by atoms with Gasteiger partial charge in [0.05, 0.1) is 0 Å². The molecule has 0 spiro atoms. The molecule has 0 unspecified atom stereocenters. The lowest BCUT2D eigenvalue weighted by Gasteiger charge is -2.15. The summed E-state index contributed by atoms with van der Waals surface area (Å²) in [5, 5.41) is 3.68. The van der Waals surface area contributed by atoms with Gasteiger partial charge in [-0.2, -0.15) is 0 Å². The Kier molecular flexibility index (Phi) is 4.36. The molecule has 0 bridgehead atoms. The highest BCUT2D eigenvalue weighted by atomic mass is 16.5. The first-order valence-electron chi connectivity index (χ1n) is 9.86. The third-order valence-electron chi connectivity index (χ3n) is 5.64. The third kappa shape index (κ3) is 3.14. The van der Waals surface area contributed by atoms with Crippen molar-refractivity contribution in [2.45, 2.75) is 12.8 Å². The van der Waals surface area contributed by atoms with Crippen LogP contribution in [0.4, 0.5) is 10.5 Å². The van der Waals surface area contributed by atoms with Crippen LogP contribution in [0.25, 0.3) is 22.0 Å². The number of ether oxygens (including phenoxy) is 1. The number of aromatic amines is 1. The number of fused-ring (bicyclic) bond motifs is 4. The average molecular weight is 396 g/mol. The largest absolute Gasteiger partial charge is 0.448 e. The number of hydrogen-bond donors (Lipinski definition) is 2. The second-order valence-corrected chi connectivity index (χ2v) is 7.53. The Labute approximate surface area is 173 Å². The van der Waals surface area contributed by atoms with Gasteiger partial charge >= 0.3 is 6.09 Å². The number of pyridine rings is 1. The predicted octanol–water partition coefficient (Wildman–Crippen LogP) is 5.20. The zero-order valence-corrected chi connectivity index (χ0v) is 16.4. The summed E-state index contributed by atoms with van der Waals surface area (Å²) in [6.07, 6.45) is -0.502. The smallest absolute Gasteiger partial charge is 0.411 e. The minimum absolute atomic E-state index is 0.0204. The zero-order valence-electron chi connectivity index (χ0n) is 16.4. The molecule has 1 amide bonds. The topological polar surface area (TPSA) is 71.2 Å². The Morgan fingerprint density at radius 3 is 2.33 bits per heavy atom. The molecule has 0 saturated carbocycles. The average Bonchev–Trinajstić information content (AvgIpc) is 3.06. The van der Waals surface area contributed by atoms with Crippen LogP contribution in [0, 0.1) is 6.92 Å². The molecule has 3 aromatic carbocycles. The Morgan fingerprint density at radius 1 is 0.967 bits per heavy atom. The van der Waals surface area contributed by atoms with Crippen molar-refractivity contribution in [2.75, 3.05) is 11.9 Å². The van der Waals surface area contributed by atoms with Crippen LogP contribution in [0.5, 0.6) is 0 Å². The second-order valence-electron chi connectivity index (χ2n) is 7.53. The molecule has 4 aromatic rings. The summed E-state index contributed by atoms with van der Waals surface area (Å²) in [6.45, 7) is 2.13. The first kappa shape index (κ1) is 18.2. The second kappa shape index (κ2) is 7.19. The number of anilines is 1. The van der Waals surface area contributed by atoms with E-state index in [9.17, 15) is 9.59 Å². The normalized spacial score (nSPS) is 12.4. The first-order chi connectivity index (χ1) is 14.6. The van der Waals surface area contributed by atoms with Gasteiger partial charge in [0, 0.05) is 28.6 Å². The van der Waals surface area contributed by atoms with Crippen molar-refractivity contribution >= 4 is 22.7 Å². The lowest BCUT2D eigenvalue weighted by molar-refractivity contribution is 0.158. The SMILES string of the molecule is Cc1cc(=O)[nH]c2ccc(NC(=O)OCC3c4ccccc4-c4ccccc43)cc12. The van der Waals surface area contributed by atoms with E-state index in [1.807, 2.05) is 37.3 Å². The van der Waals surface area contributed by atoms with E-state index in [0.717, 1.165) is 16.5 Å². The minimum atomic E-state index is -0.502. The number of H-pyrrole nitrogens is 1. The highest BCUT2D eigenvalue weighted by Crippen LogP contribution is 2.44. The standard InChI is InChI=1S/C25H20N2O3/c1-15-12-24(28)27-23-11-10-16(13-21(15)23)26-25(29)30-14-22-19-8-4-2-6-17(19)18-7-3-5-9-20(18)22/h2-13,22H,14H2,1H3,(H,26,29)(H,27,28). The fourth-order valence-electron chi connectivity index (χ4n) is 4.25. The van der Waals surface area contributed by atoms with Gasteiger partial charge in [0.1, 0.15) is 6.61 Å². The quantitative estimate of drug-likeness (QED) is 0.500. The highest BCUT2D eigenvalue weighted by molar-refractivity contribution is 5.91. The van der Waals surface area contributed by atoms with Crippen molar-refractivity contribution in [1.29, 1.82) is 0 Å². The van der Waals surface area contributed by atoms with Gasteiger partial charge in [-0.3, -0.25) is 10.1 Å². The summed E-state index contributed by atoms with van der Waals surface area (Å²) in [5.41, 5.74) is 6.81. The molecule has 0 saturated heterocycles. The molecule has 0 radical (unpaired) electrons. The fourth-order valence-corrected chi connectivity index (χ4v) is 4.25. The van der Waals surface area contributed by atoms with Crippen LogP contribution in [-0.4, -0.2) is 17.7 Å². The Hall–Kier alpha value is -3.86. The number of carbonyl (C=O) groups excluding carboxylic acids is 1. The van der Waals surface area contributed by atoms with Gasteiger partial charge in [0.25, 0.3) is 0 Å². The molecule has 0 aliphatic heterocycles. The third-order valence-corrected chi connectivity index (χ3v) is 5.64. The van der Waals surface area contributed by atoms with Crippen LogP contribution in [-0.2, 0) is 4.74 Å². The summed E-state index contributed by atoms with van der Waals surface area (Å²) in [6, 6.07) is 23.4. The first-order valence-corrected chi connectivity index (χ1v) is 9.86. The molecular weight excluding hydrogens is 376 g/mol. The molecule has 1 heterocycles. The van der Waals surface area contributed by atoms with Crippen molar-refractivity contribution in [1.82, 2.24) is 4.98 Å². The van der Waals surface area contributed by atoms with Crippen molar-refractivity contribution in [3.05, 3.63) is 99.8 Å². The number of carbonyl (C=O) groups is 1. The van der Waals surface area contributed by atoms with Gasteiger partial charge in [-0.05, 0) is 52.9 Å². The Balaban J connectivity index is 1.34. The molecule has 1 aliphatic carbocycles. The van der Waals surface area contributed by atoms with Crippen LogP contribution in [0.1, 0.15) is 22.6 Å². The molecule has 2 N–H and O–H groups in total. The molecule has 1 aliphatic rings. The van der Waals surface area contributed by atoms with Crippen molar-refractivity contribution in [3.63, 3.8) is 0 Å². The zero-order chi connectivity index (χ0) is 20.7. The van der Waals surface area contributed by atoms with Gasteiger partial charge in [-0.1, -0.05) is 48.5 Å². The summed E-state index contributed by atoms with van der Waals surface area (Å²) < 4.78 is 5.60. The van der Waals surface area contributed by atoms with Crippen LogP contribution in [0.15, 0.2) is 77.6 Å². The van der Waals surface area contributed by atoms with E-state index in [4.69, 9.17) is 4.74 Å². The number of hydrogen-bond acceptors (Lipinski definition) is 3. The number of aromatic nitrogens is 1. The minimum Gasteiger partial charge on any atom is -0.448 e. The maximum atomic E-state index is 12.5. The van der Waals surface area contributed by atoms with Crippen molar-refractivity contribution < 1.29 is 9.53 Å². The van der Waals surface area contributed by atoms with E-state index < -0.39 is 6.09 Å². The molecule has 0 atom stereocenters. The van der Waals surface area contributed by atoms with Gasteiger partial charge < -0.3 is 9.72 Å². The fraction of sp³-hybridized carbons (Fsp3) is 0.120. The maximum absolute atomic E-state index is 12.5. The predicted molar refractivity (Wildman–Crippen MR) is 118 cm³/mol. The monoisotopic (exact) mass is 396 g/mol.